The van der Waals surface area contributed by atoms with Gasteiger partial charge in [0.05, 0.1) is 0 Å². The van der Waals surface area contributed by atoms with E-state index in [4.69, 9.17) is 4.74 Å². The van der Waals surface area contributed by atoms with Crippen molar-refractivity contribution in [2.45, 2.75) is 20.4 Å². The molecule has 0 unspecified atom stereocenters. The predicted octanol–water partition coefficient (Wildman–Crippen LogP) is 4.02. The number of rotatable bonds is 6. The van der Waals surface area contributed by atoms with E-state index in [0.717, 1.165) is 30.0 Å². The zero-order chi connectivity index (χ0) is 14.2. The van der Waals surface area contributed by atoms with Gasteiger partial charge in [0.15, 0.2) is 0 Å². The number of aromatic nitrogens is 1. The number of ether oxygens (including phenoxy) is 1. The summed E-state index contributed by atoms with van der Waals surface area (Å²) in [6.07, 6.45) is 5.86. The van der Waals surface area contributed by atoms with E-state index < -0.39 is 0 Å². The molecule has 0 fully saturated rings. The summed E-state index contributed by atoms with van der Waals surface area (Å²) in [5.74, 6) is 1.43. The van der Waals surface area contributed by atoms with E-state index in [0.29, 0.717) is 5.88 Å². The van der Waals surface area contributed by atoms with Crippen LogP contribution in [0.2, 0.25) is 0 Å². The Morgan fingerprint density at radius 1 is 1.20 bits per heavy atom. The number of allylic oxidation sites excluding steroid dienone is 1. The van der Waals surface area contributed by atoms with Gasteiger partial charge < -0.3 is 10.1 Å². The Labute approximate surface area is 120 Å². The topological polar surface area (TPSA) is 34.1 Å². The van der Waals surface area contributed by atoms with Gasteiger partial charge in [-0.2, -0.15) is 0 Å². The Hall–Kier alpha value is -2.13. The van der Waals surface area contributed by atoms with Crippen molar-refractivity contribution in [1.29, 1.82) is 0 Å². The fourth-order valence-electron chi connectivity index (χ4n) is 1.85. The number of nitrogens with one attached hydrogen (secondary N) is 1. The molecule has 0 aliphatic carbocycles. The van der Waals surface area contributed by atoms with Crippen LogP contribution in [0.1, 0.15) is 25.0 Å². The third kappa shape index (κ3) is 3.93. The molecule has 2 aromatic rings. The molecule has 0 aliphatic heterocycles. The van der Waals surface area contributed by atoms with E-state index >= 15 is 0 Å². The molecule has 0 saturated heterocycles. The lowest BCUT2D eigenvalue weighted by atomic mass is 10.2. The van der Waals surface area contributed by atoms with Crippen molar-refractivity contribution >= 4 is 6.08 Å². The highest BCUT2D eigenvalue weighted by molar-refractivity contribution is 5.57. The number of pyridine rings is 1. The van der Waals surface area contributed by atoms with E-state index in [1.807, 2.05) is 61.7 Å². The van der Waals surface area contributed by atoms with Crippen LogP contribution in [0.25, 0.3) is 6.08 Å². The van der Waals surface area contributed by atoms with Crippen molar-refractivity contribution in [3.63, 3.8) is 0 Å². The average molecular weight is 268 g/mol. The number of nitrogens with zero attached hydrogens (tertiary/aromatic N) is 1. The molecule has 1 aromatic heterocycles. The van der Waals surface area contributed by atoms with Crippen molar-refractivity contribution in [1.82, 2.24) is 10.3 Å². The van der Waals surface area contributed by atoms with Crippen LogP contribution in [-0.2, 0) is 6.54 Å². The summed E-state index contributed by atoms with van der Waals surface area (Å²) in [6, 6.07) is 11.9. The van der Waals surface area contributed by atoms with Gasteiger partial charge in [0.2, 0.25) is 5.88 Å². The molecule has 0 atom stereocenters. The fraction of sp³-hybridized carbons (Fsp3) is 0.235. The van der Waals surface area contributed by atoms with Crippen molar-refractivity contribution in [3.8, 4) is 11.6 Å². The summed E-state index contributed by atoms with van der Waals surface area (Å²) in [5.41, 5.74) is 2.20. The largest absolute Gasteiger partial charge is 0.438 e. The molecule has 20 heavy (non-hydrogen) atoms. The van der Waals surface area contributed by atoms with Crippen molar-refractivity contribution in [2.75, 3.05) is 6.54 Å². The first-order valence-electron chi connectivity index (χ1n) is 6.88. The lowest BCUT2D eigenvalue weighted by Crippen LogP contribution is -2.11. The summed E-state index contributed by atoms with van der Waals surface area (Å²) in [5, 5.41) is 3.27. The quantitative estimate of drug-likeness (QED) is 0.859. The van der Waals surface area contributed by atoms with Crippen LogP contribution < -0.4 is 10.1 Å². The Bertz CT molecular complexity index is 561. The summed E-state index contributed by atoms with van der Waals surface area (Å²) >= 11 is 0. The second-order valence-corrected chi connectivity index (χ2v) is 4.42. The first kappa shape index (κ1) is 14.3. The predicted molar refractivity (Wildman–Crippen MR) is 82.8 cm³/mol. The third-order valence-electron chi connectivity index (χ3n) is 2.86. The van der Waals surface area contributed by atoms with Gasteiger partial charge in [-0.25, -0.2) is 4.98 Å². The van der Waals surface area contributed by atoms with Gasteiger partial charge >= 0.3 is 0 Å². The molecule has 0 amide bonds. The molecule has 0 spiro atoms. The lowest BCUT2D eigenvalue weighted by Gasteiger charge is -2.08. The molecule has 0 aliphatic rings. The van der Waals surface area contributed by atoms with E-state index in [1.54, 1.807) is 0 Å². The number of benzene rings is 1. The Kier molecular flexibility index (Phi) is 5.33. The molecule has 3 nitrogen and oxygen atoms in total. The van der Waals surface area contributed by atoms with Crippen LogP contribution in [0.4, 0.5) is 0 Å². The Morgan fingerprint density at radius 3 is 2.75 bits per heavy atom. The Balaban J connectivity index is 2.10. The van der Waals surface area contributed by atoms with Gasteiger partial charge in [-0.15, -0.1) is 0 Å². The lowest BCUT2D eigenvalue weighted by molar-refractivity contribution is 0.461. The zero-order valence-corrected chi connectivity index (χ0v) is 12.0. The molecule has 2 rings (SSSR count). The first-order valence-corrected chi connectivity index (χ1v) is 6.88. The summed E-state index contributed by atoms with van der Waals surface area (Å²) in [7, 11) is 0. The minimum Gasteiger partial charge on any atom is -0.438 e. The molecule has 1 aromatic carbocycles. The number of para-hydroxylation sites is 1. The van der Waals surface area contributed by atoms with Crippen LogP contribution >= 0.6 is 0 Å². The number of hydrogen-bond donors (Lipinski definition) is 1. The summed E-state index contributed by atoms with van der Waals surface area (Å²) < 4.78 is 5.84. The smallest absolute Gasteiger partial charge is 0.219 e. The second kappa shape index (κ2) is 7.46. The van der Waals surface area contributed by atoms with E-state index in [9.17, 15) is 0 Å². The van der Waals surface area contributed by atoms with Crippen LogP contribution in [0.15, 0.2) is 48.7 Å². The highest BCUT2D eigenvalue weighted by Crippen LogP contribution is 2.24. The van der Waals surface area contributed by atoms with Crippen molar-refractivity contribution < 1.29 is 4.74 Å². The van der Waals surface area contributed by atoms with Crippen LogP contribution in [0.5, 0.6) is 11.6 Å². The maximum atomic E-state index is 5.84. The third-order valence-corrected chi connectivity index (χ3v) is 2.86. The van der Waals surface area contributed by atoms with E-state index in [1.165, 1.54) is 0 Å². The second-order valence-electron chi connectivity index (χ2n) is 4.42. The van der Waals surface area contributed by atoms with Crippen LogP contribution in [0.3, 0.4) is 0 Å². The van der Waals surface area contributed by atoms with Crippen molar-refractivity contribution in [3.05, 3.63) is 59.8 Å². The molecular formula is C17H20N2O. The monoisotopic (exact) mass is 268 g/mol. The maximum absolute atomic E-state index is 5.84. The molecule has 1 N–H and O–H groups in total. The first-order chi connectivity index (χ1) is 9.83. The molecular weight excluding hydrogens is 248 g/mol. The van der Waals surface area contributed by atoms with Crippen LogP contribution in [-0.4, -0.2) is 11.5 Å². The highest BCUT2D eigenvalue weighted by atomic mass is 16.5. The maximum Gasteiger partial charge on any atom is 0.219 e. The van der Waals surface area contributed by atoms with Crippen molar-refractivity contribution in [2.24, 2.45) is 0 Å². The molecule has 0 saturated carbocycles. The van der Waals surface area contributed by atoms with Crippen LogP contribution in [0, 0.1) is 0 Å². The zero-order valence-electron chi connectivity index (χ0n) is 12.0. The minimum absolute atomic E-state index is 0.613. The van der Waals surface area contributed by atoms with Gasteiger partial charge in [-0.05, 0) is 25.1 Å². The normalized spacial score (nSPS) is 10.9. The highest BCUT2D eigenvalue weighted by Gasteiger charge is 2.03. The van der Waals surface area contributed by atoms with Gasteiger partial charge in [-0.1, -0.05) is 43.3 Å². The van der Waals surface area contributed by atoms with Gasteiger partial charge in [0, 0.05) is 24.4 Å². The standard InChI is InChI=1S/C17H20N2O/c1-3-7-15-8-5-6-9-16(15)20-17-11-10-14(13-19-17)12-18-4-2/h3,5-11,13,18H,4,12H2,1-2H3. The Morgan fingerprint density at radius 2 is 2.05 bits per heavy atom. The SMILES string of the molecule is CC=Cc1ccccc1Oc1ccc(CNCC)cn1. The molecule has 1 heterocycles. The molecule has 3 heteroatoms. The molecule has 104 valence electrons. The van der Waals surface area contributed by atoms with E-state index in [-0.39, 0.29) is 0 Å². The van der Waals surface area contributed by atoms with E-state index in [2.05, 4.69) is 17.2 Å². The van der Waals surface area contributed by atoms with Gasteiger partial charge in [-0.3, -0.25) is 0 Å². The summed E-state index contributed by atoms with van der Waals surface area (Å²) in [6.45, 7) is 5.86. The fourth-order valence-corrected chi connectivity index (χ4v) is 1.85. The molecule has 0 bridgehead atoms. The minimum atomic E-state index is 0.613. The van der Waals surface area contributed by atoms with Gasteiger partial charge in [0.25, 0.3) is 0 Å². The van der Waals surface area contributed by atoms with Gasteiger partial charge in [0.1, 0.15) is 5.75 Å². The average Bonchev–Trinajstić information content (AvgIpc) is 2.49. The summed E-state index contributed by atoms with van der Waals surface area (Å²) in [4.78, 5) is 4.34. The molecule has 0 radical (unpaired) electrons. The number of hydrogen-bond acceptors (Lipinski definition) is 3.